The van der Waals surface area contributed by atoms with Crippen molar-refractivity contribution in [2.75, 3.05) is 11.9 Å². The van der Waals surface area contributed by atoms with E-state index in [1.54, 1.807) is 17.2 Å². The highest BCUT2D eigenvalue weighted by atomic mass is 19.1. The molecule has 38 heavy (non-hydrogen) atoms. The van der Waals surface area contributed by atoms with Crippen LogP contribution in [0.15, 0.2) is 61.1 Å². The van der Waals surface area contributed by atoms with Crippen LogP contribution < -0.4 is 5.32 Å². The predicted octanol–water partition coefficient (Wildman–Crippen LogP) is 4.17. The lowest BCUT2D eigenvalue weighted by Crippen LogP contribution is -2.39. The van der Waals surface area contributed by atoms with Gasteiger partial charge < -0.3 is 19.9 Å². The van der Waals surface area contributed by atoms with Crippen LogP contribution in [0, 0.1) is 12.7 Å². The molecule has 0 spiro atoms. The molecule has 5 aromatic rings. The first-order chi connectivity index (χ1) is 18.4. The van der Waals surface area contributed by atoms with Gasteiger partial charge in [0, 0.05) is 55.7 Å². The van der Waals surface area contributed by atoms with Crippen LogP contribution in [0.25, 0.3) is 22.2 Å². The molecule has 0 atom stereocenters. The van der Waals surface area contributed by atoms with Crippen molar-refractivity contribution >= 4 is 28.4 Å². The Balaban J connectivity index is 1.26. The lowest BCUT2D eigenvalue weighted by atomic mass is 10.1. The summed E-state index contributed by atoms with van der Waals surface area (Å²) in [5.41, 5.74) is 6.08. The molecule has 0 saturated carbocycles. The normalized spacial score (nSPS) is 13.3. The van der Waals surface area contributed by atoms with Gasteiger partial charge in [0.15, 0.2) is 0 Å². The third kappa shape index (κ3) is 4.28. The first-order valence-corrected chi connectivity index (χ1v) is 12.3. The van der Waals surface area contributed by atoms with Crippen LogP contribution in [0.4, 0.5) is 16.0 Å². The van der Waals surface area contributed by atoms with Crippen molar-refractivity contribution in [2.24, 2.45) is 7.05 Å². The fourth-order valence-electron chi connectivity index (χ4n) is 4.91. The van der Waals surface area contributed by atoms with Crippen molar-refractivity contribution in [2.45, 2.75) is 26.6 Å². The molecule has 192 valence electrons. The fourth-order valence-corrected chi connectivity index (χ4v) is 4.91. The molecule has 6 rings (SSSR count). The number of aromatic nitrogens is 5. The van der Waals surface area contributed by atoms with E-state index < -0.39 is 5.82 Å². The fraction of sp³-hybridized carbons (Fsp3) is 0.214. The minimum atomic E-state index is -0.392. The number of benzene rings is 2. The number of carbonyl (C=O) groups excluding carboxylic acids is 1. The average molecular weight is 512 g/mol. The number of aryl methyl sites for hydroxylation is 2. The van der Waals surface area contributed by atoms with E-state index in [-0.39, 0.29) is 19.1 Å². The van der Waals surface area contributed by atoms with Gasteiger partial charge in [-0.2, -0.15) is 5.10 Å². The van der Waals surface area contributed by atoms with Gasteiger partial charge in [-0.25, -0.2) is 14.4 Å². The number of nitrogens with one attached hydrogen (secondary N) is 1. The second kappa shape index (κ2) is 9.38. The number of aliphatic hydroxyl groups excluding tert-OH is 1. The zero-order chi connectivity index (χ0) is 26.4. The molecule has 2 N–H and O–H groups in total. The van der Waals surface area contributed by atoms with Gasteiger partial charge in [-0.05, 0) is 60.0 Å². The third-order valence-electron chi connectivity index (χ3n) is 6.96. The summed E-state index contributed by atoms with van der Waals surface area (Å²) in [6.07, 6.45) is 5.51. The van der Waals surface area contributed by atoms with Crippen molar-refractivity contribution in [3.05, 3.63) is 89.3 Å². The molecule has 1 amide bonds. The van der Waals surface area contributed by atoms with Gasteiger partial charge in [0.2, 0.25) is 5.95 Å². The van der Waals surface area contributed by atoms with E-state index in [1.807, 2.05) is 59.9 Å². The Morgan fingerprint density at radius 2 is 1.95 bits per heavy atom. The molecule has 0 aliphatic carbocycles. The summed E-state index contributed by atoms with van der Waals surface area (Å²) < 4.78 is 17.6. The number of amides is 1. The van der Waals surface area contributed by atoms with E-state index in [9.17, 15) is 14.3 Å². The van der Waals surface area contributed by atoms with Crippen molar-refractivity contribution < 1.29 is 14.3 Å². The Bertz CT molecular complexity index is 1690. The van der Waals surface area contributed by atoms with Crippen LogP contribution in [0.3, 0.4) is 0 Å². The molecule has 0 radical (unpaired) electrons. The van der Waals surface area contributed by atoms with Crippen molar-refractivity contribution in [1.82, 2.24) is 29.2 Å². The molecule has 0 saturated heterocycles. The minimum absolute atomic E-state index is 0.148. The molecule has 0 unspecified atom stereocenters. The number of rotatable bonds is 6. The molecule has 3 aromatic heterocycles. The van der Waals surface area contributed by atoms with Gasteiger partial charge in [-0.15, -0.1) is 0 Å². The number of aliphatic hydroxyl groups is 1. The van der Waals surface area contributed by atoms with Crippen LogP contribution in [0.1, 0.15) is 27.2 Å². The summed E-state index contributed by atoms with van der Waals surface area (Å²) in [7, 11) is 1.90. The molecule has 10 heteroatoms. The quantitative estimate of drug-likeness (QED) is 0.355. The summed E-state index contributed by atoms with van der Waals surface area (Å²) in [6, 6.07) is 12.0. The van der Waals surface area contributed by atoms with Crippen LogP contribution in [-0.4, -0.2) is 46.8 Å². The molecular formula is C28H26FN7O2. The molecule has 0 bridgehead atoms. The van der Waals surface area contributed by atoms with E-state index in [0.29, 0.717) is 35.9 Å². The van der Waals surface area contributed by atoms with E-state index >= 15 is 0 Å². The van der Waals surface area contributed by atoms with E-state index in [1.165, 1.54) is 12.1 Å². The summed E-state index contributed by atoms with van der Waals surface area (Å²) in [4.78, 5) is 24.2. The van der Waals surface area contributed by atoms with Crippen molar-refractivity contribution in [1.29, 1.82) is 0 Å². The summed E-state index contributed by atoms with van der Waals surface area (Å²) in [6.45, 7) is 3.04. The average Bonchev–Trinajstić information content (AvgIpc) is 3.51. The summed E-state index contributed by atoms with van der Waals surface area (Å²) in [5.74, 6) is -0.0876. The molecule has 0 fully saturated rings. The van der Waals surface area contributed by atoms with Crippen LogP contribution in [-0.2, 0) is 26.7 Å². The second-order valence-corrected chi connectivity index (χ2v) is 9.50. The summed E-state index contributed by atoms with van der Waals surface area (Å²) >= 11 is 0. The number of nitrogens with zero attached hydrogens (tertiary/aromatic N) is 6. The van der Waals surface area contributed by atoms with Crippen molar-refractivity contribution in [3.63, 3.8) is 0 Å². The smallest absolute Gasteiger partial charge is 0.270 e. The van der Waals surface area contributed by atoms with E-state index in [2.05, 4.69) is 15.4 Å². The SMILES string of the molecule is Cc1cnc(Nc2ccc3c(cnn3C)c2)nc1-c1cc2n(c1)CCN(Cc1cc(F)ccc1CO)C2=O. The zero-order valence-electron chi connectivity index (χ0n) is 21.0. The monoisotopic (exact) mass is 511 g/mol. The molecular weight excluding hydrogens is 485 g/mol. The highest BCUT2D eigenvalue weighted by Crippen LogP contribution is 2.29. The largest absolute Gasteiger partial charge is 0.392 e. The standard InChI is InChI=1S/C28H26FN7O2/c1-17-12-30-28(32-23-5-6-24-19(10-23)13-31-34(24)2)33-26(17)21-11-25-27(38)36(8-7-35(25)15-21)14-20-9-22(29)4-3-18(20)16-37/h3-6,9-13,15,37H,7-8,14,16H2,1-2H3,(H,30,32,33). The van der Waals surface area contributed by atoms with Gasteiger partial charge in [-0.1, -0.05) is 6.07 Å². The number of hydrogen-bond donors (Lipinski definition) is 2. The molecule has 9 nitrogen and oxygen atoms in total. The van der Waals surface area contributed by atoms with E-state index in [0.717, 1.165) is 33.4 Å². The Labute approximate surface area is 218 Å². The summed E-state index contributed by atoms with van der Waals surface area (Å²) in [5, 5.41) is 18.2. The maximum absolute atomic E-state index is 13.8. The number of fused-ring (bicyclic) bond motifs is 2. The van der Waals surface area contributed by atoms with Gasteiger partial charge in [0.25, 0.3) is 5.91 Å². The van der Waals surface area contributed by atoms with E-state index in [4.69, 9.17) is 4.98 Å². The van der Waals surface area contributed by atoms with Crippen LogP contribution in [0.2, 0.25) is 0 Å². The topological polar surface area (TPSA) is 101 Å². The van der Waals surface area contributed by atoms with Gasteiger partial charge in [0.1, 0.15) is 11.5 Å². The minimum Gasteiger partial charge on any atom is -0.392 e. The Morgan fingerprint density at radius 3 is 2.79 bits per heavy atom. The molecule has 4 heterocycles. The lowest BCUT2D eigenvalue weighted by Gasteiger charge is -2.29. The predicted molar refractivity (Wildman–Crippen MR) is 141 cm³/mol. The third-order valence-corrected chi connectivity index (χ3v) is 6.96. The number of halogens is 1. The highest BCUT2D eigenvalue weighted by molar-refractivity contribution is 5.95. The Hall–Kier alpha value is -4.57. The van der Waals surface area contributed by atoms with Gasteiger partial charge in [0.05, 0.1) is 24.0 Å². The molecule has 1 aliphatic heterocycles. The second-order valence-electron chi connectivity index (χ2n) is 9.50. The Kier molecular flexibility index (Phi) is 5.88. The van der Waals surface area contributed by atoms with Crippen LogP contribution in [0.5, 0.6) is 0 Å². The van der Waals surface area contributed by atoms with Gasteiger partial charge >= 0.3 is 0 Å². The van der Waals surface area contributed by atoms with Crippen molar-refractivity contribution in [3.8, 4) is 11.3 Å². The zero-order valence-corrected chi connectivity index (χ0v) is 21.0. The highest BCUT2D eigenvalue weighted by Gasteiger charge is 2.27. The first-order valence-electron chi connectivity index (χ1n) is 12.3. The van der Waals surface area contributed by atoms with Gasteiger partial charge in [-0.3, -0.25) is 9.48 Å². The maximum Gasteiger partial charge on any atom is 0.270 e. The Morgan fingerprint density at radius 1 is 1.08 bits per heavy atom. The molecule has 2 aromatic carbocycles. The van der Waals surface area contributed by atoms with Crippen LogP contribution >= 0.6 is 0 Å². The lowest BCUT2D eigenvalue weighted by molar-refractivity contribution is 0.0689. The maximum atomic E-state index is 13.8. The number of anilines is 2. The molecule has 1 aliphatic rings. The number of hydrogen-bond acceptors (Lipinski definition) is 6. The first kappa shape index (κ1) is 23.8. The number of carbonyl (C=O) groups is 1.